The number of hydrogen-bond donors (Lipinski definition) is 2. The van der Waals surface area contributed by atoms with E-state index in [4.69, 9.17) is 17.3 Å². The molecule has 0 aliphatic carbocycles. The molecule has 20 heavy (non-hydrogen) atoms. The molecule has 1 fully saturated rings. The van der Waals surface area contributed by atoms with Gasteiger partial charge in [-0.25, -0.2) is 0 Å². The molecule has 1 aliphatic rings. The smallest absolute Gasteiger partial charge is 0.225 e. The lowest BCUT2D eigenvalue weighted by atomic mass is 10.1. The summed E-state index contributed by atoms with van der Waals surface area (Å²) in [4.78, 5) is 14.1. The Balaban J connectivity index is 0.00000200. The molecule has 3 N–H and O–H groups in total. The van der Waals surface area contributed by atoms with Gasteiger partial charge in [0.25, 0.3) is 0 Å². The summed E-state index contributed by atoms with van der Waals surface area (Å²) in [5.41, 5.74) is 6.33. The topological polar surface area (TPSA) is 58.4 Å². The van der Waals surface area contributed by atoms with E-state index in [1.165, 1.54) is 0 Å². The van der Waals surface area contributed by atoms with Gasteiger partial charge in [0.15, 0.2) is 0 Å². The molecular formula is C14H21Cl2N3O. The third kappa shape index (κ3) is 4.94. The number of carbonyl (C=O) groups is 1. The number of nitrogens with zero attached hydrogens (tertiary/aromatic N) is 1. The van der Waals surface area contributed by atoms with Crippen LogP contribution < -0.4 is 11.1 Å². The molecule has 0 aromatic heterocycles. The zero-order valence-electron chi connectivity index (χ0n) is 11.3. The van der Waals surface area contributed by atoms with E-state index in [0.717, 1.165) is 32.6 Å². The van der Waals surface area contributed by atoms with E-state index in [1.54, 1.807) is 12.1 Å². The van der Waals surface area contributed by atoms with E-state index in [9.17, 15) is 4.79 Å². The van der Waals surface area contributed by atoms with Crippen LogP contribution in [0.3, 0.4) is 0 Å². The lowest BCUT2D eigenvalue weighted by molar-refractivity contribution is -0.116. The number of likely N-dealkylation sites (tertiary alicyclic amines) is 1. The van der Waals surface area contributed by atoms with Gasteiger partial charge >= 0.3 is 0 Å². The Bertz CT molecular complexity index is 442. The van der Waals surface area contributed by atoms with E-state index >= 15 is 0 Å². The summed E-state index contributed by atoms with van der Waals surface area (Å²) >= 11 is 5.99. The molecule has 0 spiro atoms. The van der Waals surface area contributed by atoms with Gasteiger partial charge in [-0.3, -0.25) is 4.79 Å². The number of benzene rings is 1. The number of carbonyl (C=O) groups excluding carboxylic acids is 1. The average molecular weight is 318 g/mol. The van der Waals surface area contributed by atoms with Gasteiger partial charge in [-0.1, -0.05) is 23.7 Å². The first-order valence-electron chi connectivity index (χ1n) is 6.66. The summed E-state index contributed by atoms with van der Waals surface area (Å²) in [6, 6.07) is 7.27. The van der Waals surface area contributed by atoms with E-state index < -0.39 is 0 Å². The monoisotopic (exact) mass is 317 g/mol. The van der Waals surface area contributed by atoms with Gasteiger partial charge in [0.1, 0.15) is 0 Å². The van der Waals surface area contributed by atoms with Crippen LogP contribution in [0.4, 0.5) is 5.69 Å². The van der Waals surface area contributed by atoms with Crippen molar-refractivity contribution in [2.24, 2.45) is 11.7 Å². The number of nitrogens with one attached hydrogen (secondary N) is 1. The van der Waals surface area contributed by atoms with Crippen molar-refractivity contribution in [1.82, 2.24) is 4.90 Å². The molecule has 1 atom stereocenters. The van der Waals surface area contributed by atoms with Crippen molar-refractivity contribution in [1.29, 1.82) is 0 Å². The highest BCUT2D eigenvalue weighted by atomic mass is 35.5. The normalized spacial score (nSPS) is 18.6. The van der Waals surface area contributed by atoms with Gasteiger partial charge in [-0.15, -0.1) is 12.4 Å². The van der Waals surface area contributed by atoms with Crippen LogP contribution in [0.15, 0.2) is 24.3 Å². The molecule has 0 bridgehead atoms. The number of anilines is 1. The number of nitrogens with two attached hydrogens (primary N) is 1. The summed E-state index contributed by atoms with van der Waals surface area (Å²) in [6.07, 6.45) is 1.63. The maximum absolute atomic E-state index is 11.9. The molecule has 112 valence electrons. The minimum absolute atomic E-state index is 0. The van der Waals surface area contributed by atoms with E-state index in [1.807, 2.05) is 12.1 Å². The zero-order chi connectivity index (χ0) is 13.7. The first-order valence-corrected chi connectivity index (χ1v) is 7.03. The second kappa shape index (κ2) is 8.47. The maximum atomic E-state index is 11.9. The predicted molar refractivity (Wildman–Crippen MR) is 85.5 cm³/mol. The van der Waals surface area contributed by atoms with Crippen LogP contribution in [0.5, 0.6) is 0 Å². The number of rotatable bonds is 5. The Morgan fingerprint density at radius 3 is 2.85 bits per heavy atom. The lowest BCUT2D eigenvalue weighted by Crippen LogP contribution is -2.27. The Morgan fingerprint density at radius 1 is 1.45 bits per heavy atom. The number of amides is 1. The van der Waals surface area contributed by atoms with Crippen LogP contribution in [0.25, 0.3) is 0 Å². The number of hydrogen-bond acceptors (Lipinski definition) is 3. The van der Waals surface area contributed by atoms with Crippen LogP contribution in [0.2, 0.25) is 5.02 Å². The van der Waals surface area contributed by atoms with Crippen LogP contribution >= 0.6 is 24.0 Å². The summed E-state index contributed by atoms with van der Waals surface area (Å²) in [5, 5.41) is 3.41. The standard InChI is InChI=1S/C14H20ClN3O.ClH/c15-12-3-1-2-4-13(12)17-14(19)6-8-18-7-5-11(9-16)10-18;/h1-4,11H,5-10,16H2,(H,17,19);1H. The van der Waals surface area contributed by atoms with Gasteiger partial charge in [-0.05, 0) is 37.6 Å². The quantitative estimate of drug-likeness (QED) is 0.876. The first-order chi connectivity index (χ1) is 9.19. The van der Waals surface area contributed by atoms with Crippen molar-refractivity contribution in [2.45, 2.75) is 12.8 Å². The largest absolute Gasteiger partial charge is 0.330 e. The van der Waals surface area contributed by atoms with Crippen molar-refractivity contribution < 1.29 is 4.79 Å². The summed E-state index contributed by atoms with van der Waals surface area (Å²) in [7, 11) is 0. The maximum Gasteiger partial charge on any atom is 0.225 e. The highest BCUT2D eigenvalue weighted by Crippen LogP contribution is 2.20. The number of halogens is 2. The Kier molecular flexibility index (Phi) is 7.30. The van der Waals surface area contributed by atoms with Crippen LogP contribution in [-0.4, -0.2) is 37.0 Å². The van der Waals surface area contributed by atoms with Crippen molar-refractivity contribution in [3.63, 3.8) is 0 Å². The summed E-state index contributed by atoms with van der Waals surface area (Å²) in [6.45, 7) is 3.58. The molecular weight excluding hydrogens is 297 g/mol. The Labute approximate surface area is 131 Å². The molecule has 1 saturated heterocycles. The van der Waals surface area contributed by atoms with Crippen LogP contribution in [-0.2, 0) is 4.79 Å². The van der Waals surface area contributed by atoms with Crippen molar-refractivity contribution in [3.05, 3.63) is 29.3 Å². The van der Waals surface area contributed by atoms with E-state index in [2.05, 4.69) is 10.2 Å². The Hall–Kier alpha value is -0.810. The Morgan fingerprint density at radius 2 is 2.20 bits per heavy atom. The van der Waals surface area contributed by atoms with Gasteiger partial charge in [0, 0.05) is 19.5 Å². The van der Waals surface area contributed by atoms with E-state index in [-0.39, 0.29) is 18.3 Å². The molecule has 6 heteroatoms. The van der Waals surface area contributed by atoms with Crippen LogP contribution in [0, 0.1) is 5.92 Å². The zero-order valence-corrected chi connectivity index (χ0v) is 12.9. The average Bonchev–Trinajstić information content (AvgIpc) is 2.87. The second-order valence-electron chi connectivity index (χ2n) is 4.97. The summed E-state index contributed by atoms with van der Waals surface area (Å²) in [5.74, 6) is 0.593. The molecule has 2 rings (SSSR count). The molecule has 4 nitrogen and oxygen atoms in total. The lowest BCUT2D eigenvalue weighted by Gasteiger charge is -2.15. The molecule has 1 unspecified atom stereocenters. The molecule has 1 heterocycles. The van der Waals surface area contributed by atoms with Gasteiger partial charge < -0.3 is 16.0 Å². The highest BCUT2D eigenvalue weighted by molar-refractivity contribution is 6.33. The SMILES string of the molecule is Cl.NCC1CCN(CCC(=O)Nc2ccccc2Cl)C1. The van der Waals surface area contributed by atoms with Crippen molar-refractivity contribution in [3.8, 4) is 0 Å². The second-order valence-corrected chi connectivity index (χ2v) is 5.38. The predicted octanol–water partition coefficient (Wildman–Crippen LogP) is 2.37. The number of para-hydroxylation sites is 1. The fraction of sp³-hybridized carbons (Fsp3) is 0.500. The molecule has 1 aromatic rings. The molecule has 1 aliphatic heterocycles. The molecule has 1 amide bonds. The molecule has 0 saturated carbocycles. The minimum atomic E-state index is 0. The highest BCUT2D eigenvalue weighted by Gasteiger charge is 2.21. The van der Waals surface area contributed by atoms with Crippen molar-refractivity contribution in [2.75, 3.05) is 31.5 Å². The minimum Gasteiger partial charge on any atom is -0.330 e. The third-order valence-electron chi connectivity index (χ3n) is 3.51. The van der Waals surface area contributed by atoms with Crippen molar-refractivity contribution >= 4 is 35.6 Å². The van der Waals surface area contributed by atoms with Gasteiger partial charge in [-0.2, -0.15) is 0 Å². The van der Waals surface area contributed by atoms with Gasteiger partial charge in [0.2, 0.25) is 5.91 Å². The molecule has 0 radical (unpaired) electrons. The molecule has 1 aromatic carbocycles. The van der Waals surface area contributed by atoms with Gasteiger partial charge in [0.05, 0.1) is 10.7 Å². The van der Waals surface area contributed by atoms with E-state index in [0.29, 0.717) is 23.0 Å². The fourth-order valence-electron chi connectivity index (χ4n) is 2.34. The summed E-state index contributed by atoms with van der Waals surface area (Å²) < 4.78 is 0. The van der Waals surface area contributed by atoms with Crippen LogP contribution in [0.1, 0.15) is 12.8 Å². The third-order valence-corrected chi connectivity index (χ3v) is 3.84. The first kappa shape index (κ1) is 17.2. The fourth-order valence-corrected chi connectivity index (χ4v) is 2.53.